The van der Waals surface area contributed by atoms with E-state index in [4.69, 9.17) is 4.74 Å². The van der Waals surface area contributed by atoms with E-state index in [-0.39, 0.29) is 18.5 Å². The van der Waals surface area contributed by atoms with Crippen LogP contribution in [0.25, 0.3) is 0 Å². The zero-order valence-corrected chi connectivity index (χ0v) is 49.8. The Balaban J connectivity index is 3.40. The Morgan fingerprint density at radius 3 is 1.03 bits per heavy atom. The molecule has 3 N–H and O–H groups in total. The number of allylic oxidation sites excluding steroid dienone is 5. The Hall–Kier alpha value is -1.92. The Morgan fingerprint density at radius 1 is 0.378 bits per heavy atom. The minimum absolute atomic E-state index is 0.0147. The maximum atomic E-state index is 12.5. The van der Waals surface area contributed by atoms with Crippen molar-refractivity contribution in [2.24, 2.45) is 0 Å². The van der Waals surface area contributed by atoms with Gasteiger partial charge in [0.25, 0.3) is 0 Å². The third-order valence-corrected chi connectivity index (χ3v) is 15.4. The smallest absolute Gasteiger partial charge is 0.305 e. The SMILES string of the molecule is CCCCCCCCCCCCC/C=C/C(O)C(CO)NC(=O)CCCCCCCCCCCCCCC/C=C\C/C=C\CCCCCCCCCCCOC(=O)CCCCCCCCCCCCCCCCC. The van der Waals surface area contributed by atoms with Crippen LogP contribution in [-0.2, 0) is 14.3 Å². The van der Waals surface area contributed by atoms with Crippen molar-refractivity contribution in [1.29, 1.82) is 0 Å². The maximum Gasteiger partial charge on any atom is 0.305 e. The lowest BCUT2D eigenvalue weighted by molar-refractivity contribution is -0.143. The van der Waals surface area contributed by atoms with Crippen LogP contribution < -0.4 is 5.32 Å². The van der Waals surface area contributed by atoms with Crippen LogP contribution in [0.1, 0.15) is 361 Å². The van der Waals surface area contributed by atoms with Gasteiger partial charge < -0.3 is 20.3 Å². The summed E-state index contributed by atoms with van der Waals surface area (Å²) in [6.45, 7) is 4.92. The van der Waals surface area contributed by atoms with E-state index in [9.17, 15) is 19.8 Å². The number of hydrogen-bond acceptors (Lipinski definition) is 5. The fourth-order valence-corrected chi connectivity index (χ4v) is 10.3. The normalized spacial score (nSPS) is 12.8. The van der Waals surface area contributed by atoms with Gasteiger partial charge in [0.2, 0.25) is 5.91 Å². The third-order valence-electron chi connectivity index (χ3n) is 15.4. The topological polar surface area (TPSA) is 95.9 Å². The van der Waals surface area contributed by atoms with Crippen LogP contribution in [0.3, 0.4) is 0 Å². The van der Waals surface area contributed by atoms with Crippen LogP contribution in [0, 0.1) is 0 Å². The van der Waals surface area contributed by atoms with E-state index in [2.05, 4.69) is 43.5 Å². The number of nitrogens with one attached hydrogen (secondary N) is 1. The Labute approximate surface area is 462 Å². The molecule has 6 heteroatoms. The first-order valence-electron chi connectivity index (χ1n) is 33.3. The van der Waals surface area contributed by atoms with E-state index in [1.807, 2.05) is 6.08 Å². The van der Waals surface area contributed by atoms with Gasteiger partial charge in [-0.15, -0.1) is 0 Å². The number of aliphatic hydroxyl groups excluding tert-OH is 2. The van der Waals surface area contributed by atoms with Crippen molar-refractivity contribution < 1.29 is 24.5 Å². The minimum atomic E-state index is -0.844. The Kier molecular flexibility index (Phi) is 62.0. The van der Waals surface area contributed by atoms with E-state index in [0.29, 0.717) is 19.4 Å². The molecule has 2 atom stereocenters. The van der Waals surface area contributed by atoms with Crippen LogP contribution in [0.15, 0.2) is 36.5 Å². The monoisotopic (exact) mass is 1040 g/mol. The Bertz CT molecular complexity index is 1200. The van der Waals surface area contributed by atoms with Crippen molar-refractivity contribution in [2.75, 3.05) is 13.2 Å². The highest BCUT2D eigenvalue weighted by molar-refractivity contribution is 5.76. The fourth-order valence-electron chi connectivity index (χ4n) is 10.3. The molecule has 0 saturated carbocycles. The predicted molar refractivity (Wildman–Crippen MR) is 324 cm³/mol. The van der Waals surface area contributed by atoms with Crippen molar-refractivity contribution in [3.63, 3.8) is 0 Å². The number of ether oxygens (including phenoxy) is 1. The molecule has 1 amide bonds. The van der Waals surface area contributed by atoms with Gasteiger partial charge in [0, 0.05) is 12.8 Å². The average molecular weight is 1040 g/mol. The number of aliphatic hydroxyl groups is 2. The van der Waals surface area contributed by atoms with Crippen molar-refractivity contribution in [3.8, 4) is 0 Å². The van der Waals surface area contributed by atoms with Crippen LogP contribution in [-0.4, -0.2) is 47.4 Å². The number of unbranched alkanes of at least 4 members (excludes halogenated alkanes) is 47. The summed E-state index contributed by atoms with van der Waals surface area (Å²) in [5, 5.41) is 23.1. The second-order valence-corrected chi connectivity index (χ2v) is 22.8. The van der Waals surface area contributed by atoms with E-state index >= 15 is 0 Å². The van der Waals surface area contributed by atoms with Gasteiger partial charge in [0.15, 0.2) is 0 Å². The molecule has 0 bridgehead atoms. The largest absolute Gasteiger partial charge is 0.466 e. The summed E-state index contributed by atoms with van der Waals surface area (Å²) < 4.78 is 5.49. The molecule has 0 aromatic carbocycles. The van der Waals surface area contributed by atoms with Crippen LogP contribution >= 0.6 is 0 Å². The zero-order chi connectivity index (χ0) is 53.6. The van der Waals surface area contributed by atoms with Gasteiger partial charge in [-0.1, -0.05) is 320 Å². The van der Waals surface area contributed by atoms with E-state index in [0.717, 1.165) is 44.9 Å². The lowest BCUT2D eigenvalue weighted by Gasteiger charge is -2.20. The van der Waals surface area contributed by atoms with E-state index in [1.54, 1.807) is 6.08 Å². The second-order valence-electron chi connectivity index (χ2n) is 22.8. The summed E-state index contributed by atoms with van der Waals surface area (Å²) >= 11 is 0. The molecule has 0 heterocycles. The molecular weight excluding hydrogens is 911 g/mol. The number of rotatable bonds is 62. The molecule has 0 aliphatic heterocycles. The average Bonchev–Trinajstić information content (AvgIpc) is 3.40. The lowest BCUT2D eigenvalue weighted by atomic mass is 10.0. The minimum Gasteiger partial charge on any atom is -0.466 e. The van der Waals surface area contributed by atoms with Crippen molar-refractivity contribution in [3.05, 3.63) is 36.5 Å². The number of esters is 1. The first kappa shape index (κ1) is 72.1. The fraction of sp³-hybridized carbons (Fsp3) is 0.882. The van der Waals surface area contributed by atoms with Crippen molar-refractivity contribution in [2.45, 2.75) is 373 Å². The van der Waals surface area contributed by atoms with E-state index in [1.165, 1.54) is 289 Å². The first-order valence-corrected chi connectivity index (χ1v) is 33.3. The molecule has 6 nitrogen and oxygen atoms in total. The standard InChI is InChI=1S/C68H129NO5/c1-3-5-7-9-11-13-15-17-33-38-42-46-50-54-58-62-68(73)74-63-59-55-51-47-43-39-35-32-30-28-26-24-22-20-18-19-21-23-25-27-29-31-34-37-41-45-49-53-57-61-67(72)69-65(64-70)66(71)60-56-52-48-44-40-36-16-14-12-10-8-6-4-2/h18,20,24,26,56,60,65-66,70-71H,3-17,19,21-23,25,27-55,57-59,61-64H2,1-2H3,(H,69,72)/b20-18-,26-24-,60-56+. The highest BCUT2D eigenvalue weighted by Gasteiger charge is 2.18. The summed E-state index contributed by atoms with van der Waals surface area (Å²) in [5.74, 6) is -0.0535. The van der Waals surface area contributed by atoms with Crippen molar-refractivity contribution in [1.82, 2.24) is 5.32 Å². The van der Waals surface area contributed by atoms with Crippen molar-refractivity contribution >= 4 is 11.9 Å². The second kappa shape index (κ2) is 63.6. The molecule has 0 saturated heterocycles. The van der Waals surface area contributed by atoms with Gasteiger partial charge in [0.05, 0.1) is 25.4 Å². The van der Waals surface area contributed by atoms with E-state index < -0.39 is 12.1 Å². The maximum absolute atomic E-state index is 12.5. The van der Waals surface area contributed by atoms with Gasteiger partial charge >= 0.3 is 5.97 Å². The molecule has 74 heavy (non-hydrogen) atoms. The van der Waals surface area contributed by atoms with Crippen LogP contribution in [0.5, 0.6) is 0 Å². The van der Waals surface area contributed by atoms with Gasteiger partial charge in [-0.05, 0) is 64.2 Å². The molecule has 436 valence electrons. The highest BCUT2D eigenvalue weighted by atomic mass is 16.5. The molecule has 2 unspecified atom stereocenters. The molecule has 0 aliphatic carbocycles. The van der Waals surface area contributed by atoms with Gasteiger partial charge in [-0.2, -0.15) is 0 Å². The molecular formula is C68H129NO5. The molecule has 0 radical (unpaired) electrons. The summed E-state index contributed by atoms with van der Waals surface area (Å²) in [4.78, 5) is 24.5. The summed E-state index contributed by atoms with van der Waals surface area (Å²) in [6, 6.07) is -0.628. The zero-order valence-electron chi connectivity index (χ0n) is 49.8. The summed E-state index contributed by atoms with van der Waals surface area (Å²) in [5.41, 5.74) is 0. The van der Waals surface area contributed by atoms with Crippen LogP contribution in [0.2, 0.25) is 0 Å². The molecule has 0 rings (SSSR count). The van der Waals surface area contributed by atoms with Gasteiger partial charge in [0.1, 0.15) is 0 Å². The summed E-state index contributed by atoms with van der Waals surface area (Å²) in [6.07, 6.45) is 80.7. The summed E-state index contributed by atoms with van der Waals surface area (Å²) in [7, 11) is 0. The molecule has 0 aromatic heterocycles. The third kappa shape index (κ3) is 59.3. The molecule has 0 aromatic rings. The number of carbonyl (C=O) groups excluding carboxylic acids is 2. The Morgan fingerprint density at radius 2 is 0.676 bits per heavy atom. The van der Waals surface area contributed by atoms with Gasteiger partial charge in [-0.3, -0.25) is 9.59 Å². The van der Waals surface area contributed by atoms with Crippen LogP contribution in [0.4, 0.5) is 0 Å². The molecule has 0 fully saturated rings. The quantitative estimate of drug-likeness (QED) is 0.0320. The molecule has 0 aliphatic rings. The molecule has 0 spiro atoms. The first-order chi connectivity index (χ1) is 36.5. The lowest BCUT2D eigenvalue weighted by Crippen LogP contribution is -2.45. The highest BCUT2D eigenvalue weighted by Crippen LogP contribution is 2.18. The predicted octanol–water partition coefficient (Wildman–Crippen LogP) is 21.1. The number of amides is 1. The number of carbonyl (C=O) groups is 2. The number of hydrogen-bond donors (Lipinski definition) is 3. The van der Waals surface area contributed by atoms with Gasteiger partial charge in [-0.25, -0.2) is 0 Å².